The molecule has 0 amide bonds. The molecule has 0 aliphatic rings. The van der Waals surface area contributed by atoms with Crippen molar-refractivity contribution in [3.63, 3.8) is 0 Å². The molecule has 0 aliphatic carbocycles. The van der Waals surface area contributed by atoms with E-state index in [1.807, 2.05) is 31.2 Å². The molecule has 1 aromatic carbocycles. The molecule has 0 radical (unpaired) electrons. The fraction of sp³-hybridized carbons (Fsp3) is 0.400. The van der Waals surface area contributed by atoms with Crippen molar-refractivity contribution < 1.29 is 9.47 Å². The van der Waals surface area contributed by atoms with Crippen molar-refractivity contribution in [1.82, 2.24) is 0 Å². The lowest BCUT2D eigenvalue weighted by atomic mass is 10.2. The minimum absolute atomic E-state index is 0.368. The highest BCUT2D eigenvalue weighted by molar-refractivity contribution is 9.10. The second kappa shape index (κ2) is 6.13. The molecule has 0 saturated carbocycles. The molecule has 0 aromatic heterocycles. The predicted octanol–water partition coefficient (Wildman–Crippen LogP) is 2.96. The van der Waals surface area contributed by atoms with E-state index in [-0.39, 0.29) is 0 Å². The highest BCUT2D eigenvalue weighted by atomic mass is 79.9. The van der Waals surface area contributed by atoms with Crippen molar-refractivity contribution in [2.45, 2.75) is 13.5 Å². The molecule has 0 spiro atoms. The van der Waals surface area contributed by atoms with E-state index in [1.54, 1.807) is 0 Å². The van der Waals surface area contributed by atoms with Gasteiger partial charge in [0.15, 0.2) is 0 Å². The summed E-state index contributed by atoms with van der Waals surface area (Å²) in [5.74, 6) is 0. The molecule has 3 heteroatoms. The first-order valence-electron chi connectivity index (χ1n) is 4.23. The average Bonchev–Trinajstić information content (AvgIpc) is 2.15. The highest BCUT2D eigenvalue weighted by Crippen LogP contribution is 2.10. The van der Waals surface area contributed by atoms with E-state index in [4.69, 9.17) is 9.47 Å². The van der Waals surface area contributed by atoms with Crippen molar-refractivity contribution in [1.29, 1.82) is 0 Å². The number of ether oxygens (including phenoxy) is 2. The summed E-state index contributed by atoms with van der Waals surface area (Å²) in [5.41, 5.74) is 1.16. The molecule has 1 aromatic rings. The van der Waals surface area contributed by atoms with Gasteiger partial charge in [0.1, 0.15) is 6.79 Å². The molecule has 0 fully saturated rings. The summed E-state index contributed by atoms with van der Waals surface area (Å²) in [6.45, 7) is 3.61. The van der Waals surface area contributed by atoms with Crippen molar-refractivity contribution >= 4 is 15.9 Å². The van der Waals surface area contributed by atoms with Crippen molar-refractivity contribution in [2.24, 2.45) is 0 Å². The van der Waals surface area contributed by atoms with E-state index < -0.39 is 0 Å². The highest BCUT2D eigenvalue weighted by Gasteiger charge is 1.92. The van der Waals surface area contributed by atoms with Gasteiger partial charge in [-0.15, -0.1) is 0 Å². The Bertz CT molecular complexity index is 233. The monoisotopic (exact) mass is 244 g/mol. The molecule has 72 valence electrons. The predicted molar refractivity (Wildman–Crippen MR) is 55.4 cm³/mol. The number of hydrogen-bond acceptors (Lipinski definition) is 2. The van der Waals surface area contributed by atoms with E-state index in [0.717, 1.165) is 10.0 Å². The van der Waals surface area contributed by atoms with E-state index in [1.165, 1.54) is 0 Å². The lowest BCUT2D eigenvalue weighted by molar-refractivity contribution is -0.0571. The van der Waals surface area contributed by atoms with Gasteiger partial charge < -0.3 is 9.47 Å². The Morgan fingerprint density at radius 3 is 2.46 bits per heavy atom. The molecule has 0 aliphatic heterocycles. The van der Waals surface area contributed by atoms with Gasteiger partial charge in [-0.1, -0.05) is 28.1 Å². The summed E-state index contributed by atoms with van der Waals surface area (Å²) in [6, 6.07) is 8.05. The maximum absolute atomic E-state index is 5.26. The first-order chi connectivity index (χ1) is 6.33. The third kappa shape index (κ3) is 4.41. The van der Waals surface area contributed by atoms with Gasteiger partial charge in [0.05, 0.1) is 6.61 Å². The second-order valence-electron chi connectivity index (χ2n) is 2.59. The van der Waals surface area contributed by atoms with Gasteiger partial charge in [0, 0.05) is 11.1 Å². The zero-order valence-corrected chi connectivity index (χ0v) is 9.21. The van der Waals surface area contributed by atoms with Crippen LogP contribution in [0.3, 0.4) is 0 Å². The Balaban J connectivity index is 2.25. The normalized spacial score (nSPS) is 10.3. The van der Waals surface area contributed by atoms with Gasteiger partial charge in [0.2, 0.25) is 0 Å². The summed E-state index contributed by atoms with van der Waals surface area (Å²) in [6.07, 6.45) is 0. The molecule has 0 bridgehead atoms. The van der Waals surface area contributed by atoms with Gasteiger partial charge in [-0.05, 0) is 24.6 Å². The molecule has 0 atom stereocenters. The summed E-state index contributed by atoms with van der Waals surface area (Å²) < 4.78 is 11.4. The van der Waals surface area contributed by atoms with Crippen LogP contribution in [0.2, 0.25) is 0 Å². The van der Waals surface area contributed by atoms with Crippen LogP contribution in [-0.4, -0.2) is 13.4 Å². The first-order valence-corrected chi connectivity index (χ1v) is 5.02. The van der Waals surface area contributed by atoms with Crippen LogP contribution in [0.4, 0.5) is 0 Å². The number of rotatable bonds is 5. The van der Waals surface area contributed by atoms with Crippen LogP contribution >= 0.6 is 15.9 Å². The molecule has 13 heavy (non-hydrogen) atoms. The summed E-state index contributed by atoms with van der Waals surface area (Å²) in [7, 11) is 0. The number of benzene rings is 1. The van der Waals surface area contributed by atoms with E-state index in [2.05, 4.69) is 15.9 Å². The van der Waals surface area contributed by atoms with Gasteiger partial charge >= 0.3 is 0 Å². The molecule has 0 saturated heterocycles. The Morgan fingerprint density at radius 2 is 1.85 bits per heavy atom. The summed E-state index contributed by atoms with van der Waals surface area (Å²) >= 11 is 3.37. The second-order valence-corrected chi connectivity index (χ2v) is 3.50. The maximum atomic E-state index is 5.26. The minimum atomic E-state index is 0.368. The SMILES string of the molecule is CCOCOCc1ccc(Br)cc1. The molecule has 0 heterocycles. The molecular weight excluding hydrogens is 232 g/mol. The third-order valence-electron chi connectivity index (χ3n) is 1.55. The average molecular weight is 245 g/mol. The maximum Gasteiger partial charge on any atom is 0.147 e. The zero-order chi connectivity index (χ0) is 9.52. The first kappa shape index (κ1) is 10.7. The van der Waals surface area contributed by atoms with Crippen molar-refractivity contribution in [3.8, 4) is 0 Å². The molecule has 2 nitrogen and oxygen atoms in total. The Kier molecular flexibility index (Phi) is 5.05. The third-order valence-corrected chi connectivity index (χ3v) is 2.08. The largest absolute Gasteiger partial charge is 0.356 e. The lowest BCUT2D eigenvalue weighted by Gasteiger charge is -2.03. The van der Waals surface area contributed by atoms with Gasteiger partial charge in [-0.2, -0.15) is 0 Å². The van der Waals surface area contributed by atoms with Gasteiger partial charge in [-0.25, -0.2) is 0 Å². The van der Waals surface area contributed by atoms with Crippen molar-refractivity contribution in [2.75, 3.05) is 13.4 Å². The Morgan fingerprint density at radius 1 is 1.15 bits per heavy atom. The van der Waals surface area contributed by atoms with Crippen LogP contribution in [0.5, 0.6) is 0 Å². The Hall–Kier alpha value is -0.380. The molecule has 1 rings (SSSR count). The Labute approximate surface area is 87.0 Å². The van der Waals surface area contributed by atoms with Crippen LogP contribution in [0.25, 0.3) is 0 Å². The quantitative estimate of drug-likeness (QED) is 0.586. The molecular formula is C10H13BrO2. The summed E-state index contributed by atoms with van der Waals surface area (Å²) in [5, 5.41) is 0. The van der Waals surface area contributed by atoms with E-state index in [0.29, 0.717) is 20.0 Å². The van der Waals surface area contributed by atoms with Gasteiger partial charge in [-0.3, -0.25) is 0 Å². The van der Waals surface area contributed by atoms with Crippen LogP contribution in [0.1, 0.15) is 12.5 Å². The number of halogens is 1. The van der Waals surface area contributed by atoms with Crippen LogP contribution in [0, 0.1) is 0 Å². The standard InChI is InChI=1S/C10H13BrO2/c1-2-12-8-13-7-9-3-5-10(11)6-4-9/h3-6H,2,7-8H2,1H3. The fourth-order valence-electron chi connectivity index (χ4n) is 0.882. The van der Waals surface area contributed by atoms with Crippen LogP contribution in [0.15, 0.2) is 28.7 Å². The molecule has 0 N–H and O–H groups in total. The summed E-state index contributed by atoms with van der Waals surface area (Å²) in [4.78, 5) is 0. The lowest BCUT2D eigenvalue weighted by Crippen LogP contribution is -1.99. The molecule has 0 unspecified atom stereocenters. The van der Waals surface area contributed by atoms with E-state index in [9.17, 15) is 0 Å². The van der Waals surface area contributed by atoms with Crippen molar-refractivity contribution in [3.05, 3.63) is 34.3 Å². The topological polar surface area (TPSA) is 18.5 Å². The van der Waals surface area contributed by atoms with Crippen LogP contribution < -0.4 is 0 Å². The zero-order valence-electron chi connectivity index (χ0n) is 7.63. The minimum Gasteiger partial charge on any atom is -0.356 e. The smallest absolute Gasteiger partial charge is 0.147 e. The van der Waals surface area contributed by atoms with E-state index >= 15 is 0 Å². The van der Waals surface area contributed by atoms with Gasteiger partial charge in [0.25, 0.3) is 0 Å². The fourth-order valence-corrected chi connectivity index (χ4v) is 1.15. The number of hydrogen-bond donors (Lipinski definition) is 0. The van der Waals surface area contributed by atoms with Crippen LogP contribution in [-0.2, 0) is 16.1 Å².